The van der Waals surface area contributed by atoms with E-state index in [0.29, 0.717) is 5.52 Å². The summed E-state index contributed by atoms with van der Waals surface area (Å²) in [6.45, 7) is 1.50. The number of pyridine rings is 1. The first-order chi connectivity index (χ1) is 9.82. The Balaban J connectivity index is 2.52. The van der Waals surface area contributed by atoms with Crippen LogP contribution in [0.5, 0.6) is 5.88 Å². The van der Waals surface area contributed by atoms with Gasteiger partial charge in [0.2, 0.25) is 5.88 Å². The van der Waals surface area contributed by atoms with Crippen molar-refractivity contribution < 1.29 is 17.9 Å². The predicted octanol–water partition coefficient (Wildman–Crippen LogP) is 3.38. The van der Waals surface area contributed by atoms with Crippen molar-refractivity contribution >= 4 is 32.6 Å². The first kappa shape index (κ1) is 14.1. The number of methoxy groups -OCH3 is 1. The monoisotopic (exact) mass is 360 g/mol. The van der Waals surface area contributed by atoms with E-state index in [1.54, 1.807) is 12.1 Å². The van der Waals surface area contributed by atoms with Crippen LogP contribution < -0.4 is 4.74 Å². The number of hydrogen-bond donors (Lipinski definition) is 0. The quantitative estimate of drug-likeness (QED) is 0.667. The highest BCUT2D eigenvalue weighted by Crippen LogP contribution is 2.36. The summed E-state index contributed by atoms with van der Waals surface area (Å²) in [6.07, 6.45) is -4.57. The number of hydrogen-bond acceptors (Lipinski definition) is 4. The second-order valence-corrected chi connectivity index (χ2v) is 5.01. The largest absolute Gasteiger partial charge is 0.481 e. The van der Waals surface area contributed by atoms with Gasteiger partial charge >= 0.3 is 6.18 Å². The molecule has 0 aromatic carbocycles. The van der Waals surface area contributed by atoms with Crippen LogP contribution in [0.25, 0.3) is 16.7 Å². The Morgan fingerprint density at radius 3 is 2.52 bits per heavy atom. The summed E-state index contributed by atoms with van der Waals surface area (Å²) in [4.78, 5) is 11.9. The van der Waals surface area contributed by atoms with Gasteiger partial charge in [0.05, 0.1) is 12.8 Å². The van der Waals surface area contributed by atoms with E-state index in [9.17, 15) is 13.2 Å². The molecule has 3 aromatic rings. The van der Waals surface area contributed by atoms with Crippen LogP contribution in [-0.2, 0) is 6.18 Å². The number of alkyl halides is 3. The van der Waals surface area contributed by atoms with Crippen LogP contribution in [0.3, 0.4) is 0 Å². The Morgan fingerprint density at radius 2 is 1.90 bits per heavy atom. The van der Waals surface area contributed by atoms with Crippen molar-refractivity contribution in [3.8, 4) is 5.88 Å². The number of halogens is 4. The molecule has 110 valence electrons. The number of rotatable bonds is 1. The van der Waals surface area contributed by atoms with Crippen LogP contribution >= 0.6 is 15.9 Å². The summed E-state index contributed by atoms with van der Waals surface area (Å²) in [5, 5.41) is 0. The number of fused-ring (bicyclic) bond motifs is 3. The lowest BCUT2D eigenvalue weighted by molar-refractivity contribution is -0.139. The van der Waals surface area contributed by atoms with Gasteiger partial charge in [0, 0.05) is 6.07 Å². The van der Waals surface area contributed by atoms with Crippen LogP contribution in [0.4, 0.5) is 13.2 Å². The highest BCUT2D eigenvalue weighted by molar-refractivity contribution is 9.10. The van der Waals surface area contributed by atoms with E-state index < -0.39 is 11.9 Å². The van der Waals surface area contributed by atoms with Crippen LogP contribution in [-0.4, -0.2) is 26.5 Å². The fourth-order valence-electron chi connectivity index (χ4n) is 2.14. The zero-order chi connectivity index (χ0) is 15.4. The zero-order valence-electron chi connectivity index (χ0n) is 10.9. The zero-order valence-corrected chi connectivity index (χ0v) is 12.4. The molecule has 3 heterocycles. The van der Waals surface area contributed by atoms with E-state index in [4.69, 9.17) is 4.74 Å². The molecule has 0 aliphatic rings. The molecular weight excluding hydrogens is 353 g/mol. The molecule has 0 aliphatic heterocycles. The highest BCUT2D eigenvalue weighted by Gasteiger charge is 2.38. The van der Waals surface area contributed by atoms with Gasteiger partial charge in [0.15, 0.2) is 16.1 Å². The van der Waals surface area contributed by atoms with Gasteiger partial charge in [-0.1, -0.05) is 0 Å². The van der Waals surface area contributed by atoms with Crippen LogP contribution in [0, 0.1) is 6.92 Å². The molecule has 0 aliphatic carbocycles. The fourth-order valence-corrected chi connectivity index (χ4v) is 2.66. The van der Waals surface area contributed by atoms with Gasteiger partial charge < -0.3 is 4.74 Å². The van der Waals surface area contributed by atoms with Crippen LogP contribution in [0.15, 0.2) is 16.9 Å². The first-order valence-corrected chi connectivity index (χ1v) is 6.58. The number of nitrogens with zero attached hydrogens (tertiary/aromatic N) is 4. The van der Waals surface area contributed by atoms with Gasteiger partial charge in [-0.3, -0.25) is 4.40 Å². The molecule has 3 aromatic heterocycles. The number of imidazole rings is 1. The number of ether oxygens (including phenoxy) is 1. The van der Waals surface area contributed by atoms with Crippen LogP contribution in [0.1, 0.15) is 11.4 Å². The maximum absolute atomic E-state index is 13.1. The Hall–Kier alpha value is -1.90. The Kier molecular flexibility index (Phi) is 3.05. The van der Waals surface area contributed by atoms with Gasteiger partial charge in [0.1, 0.15) is 11.0 Å². The van der Waals surface area contributed by atoms with Crippen molar-refractivity contribution in [3.05, 3.63) is 28.3 Å². The van der Waals surface area contributed by atoms with Gasteiger partial charge in [-0.25, -0.2) is 9.97 Å². The van der Waals surface area contributed by atoms with E-state index in [0.717, 1.165) is 0 Å². The van der Waals surface area contributed by atoms with Crippen molar-refractivity contribution in [2.24, 2.45) is 0 Å². The third-order valence-corrected chi connectivity index (χ3v) is 3.52. The molecule has 0 bridgehead atoms. The molecule has 0 spiro atoms. The molecule has 0 amide bonds. The number of aromatic nitrogens is 4. The average molecular weight is 361 g/mol. The lowest BCUT2D eigenvalue weighted by atomic mass is 10.3. The van der Waals surface area contributed by atoms with Gasteiger partial charge in [0.25, 0.3) is 0 Å². The standard InChI is InChI=1S/C12H8BrF3N4O/c1-5-8-9(12(14,15)16)19-11(13)20(8)10-6(17-5)3-4-7(18-10)21-2/h3-4H,1-2H3. The maximum Gasteiger partial charge on any atom is 0.435 e. The van der Waals surface area contributed by atoms with Crippen molar-refractivity contribution in [3.63, 3.8) is 0 Å². The highest BCUT2D eigenvalue weighted by atomic mass is 79.9. The molecule has 0 unspecified atom stereocenters. The summed E-state index contributed by atoms with van der Waals surface area (Å²) < 4.78 is 45.6. The smallest absolute Gasteiger partial charge is 0.435 e. The van der Waals surface area contributed by atoms with E-state index in [-0.39, 0.29) is 27.5 Å². The number of aryl methyl sites for hydroxylation is 1. The SMILES string of the molecule is COc1ccc2nc(C)c3c(C(F)(F)F)nc(Br)n3c2n1. The molecular formula is C12H8BrF3N4O. The van der Waals surface area contributed by atoms with Crippen molar-refractivity contribution in [2.75, 3.05) is 7.11 Å². The van der Waals surface area contributed by atoms with E-state index in [1.807, 2.05) is 0 Å². The van der Waals surface area contributed by atoms with Gasteiger partial charge in [-0.05, 0) is 28.9 Å². The molecule has 0 radical (unpaired) electrons. The van der Waals surface area contributed by atoms with E-state index >= 15 is 0 Å². The average Bonchev–Trinajstić information content (AvgIpc) is 2.77. The summed E-state index contributed by atoms with van der Waals surface area (Å²) in [6, 6.07) is 3.23. The van der Waals surface area contributed by atoms with Gasteiger partial charge in [-0.2, -0.15) is 18.2 Å². The summed E-state index contributed by atoms with van der Waals surface area (Å²) in [5.74, 6) is 0.281. The minimum atomic E-state index is -4.57. The molecule has 0 saturated heterocycles. The fraction of sp³-hybridized carbons (Fsp3) is 0.250. The summed E-state index contributed by atoms with van der Waals surface area (Å²) >= 11 is 3.06. The topological polar surface area (TPSA) is 52.3 Å². The lowest BCUT2D eigenvalue weighted by Gasteiger charge is -2.08. The van der Waals surface area contributed by atoms with E-state index in [1.165, 1.54) is 18.4 Å². The molecule has 0 fully saturated rings. The molecule has 0 N–H and O–H groups in total. The Morgan fingerprint density at radius 1 is 1.19 bits per heavy atom. The third kappa shape index (κ3) is 2.11. The molecule has 0 atom stereocenters. The third-order valence-electron chi connectivity index (χ3n) is 2.99. The first-order valence-electron chi connectivity index (χ1n) is 5.79. The minimum Gasteiger partial charge on any atom is -0.481 e. The van der Waals surface area contributed by atoms with E-state index in [2.05, 4.69) is 30.9 Å². The lowest BCUT2D eigenvalue weighted by Crippen LogP contribution is -2.08. The predicted molar refractivity (Wildman–Crippen MR) is 72.3 cm³/mol. The molecule has 5 nitrogen and oxygen atoms in total. The summed E-state index contributed by atoms with van der Waals surface area (Å²) in [5.41, 5.74) is -0.203. The van der Waals surface area contributed by atoms with Crippen molar-refractivity contribution in [2.45, 2.75) is 13.1 Å². The molecule has 9 heteroatoms. The second kappa shape index (κ2) is 4.55. The molecule has 21 heavy (non-hydrogen) atoms. The van der Waals surface area contributed by atoms with Crippen molar-refractivity contribution in [1.29, 1.82) is 0 Å². The second-order valence-electron chi connectivity index (χ2n) is 4.30. The molecule has 0 saturated carbocycles. The normalized spacial score (nSPS) is 12.3. The van der Waals surface area contributed by atoms with Crippen LogP contribution in [0.2, 0.25) is 0 Å². The van der Waals surface area contributed by atoms with Gasteiger partial charge in [-0.15, -0.1) is 0 Å². The molecule has 3 rings (SSSR count). The minimum absolute atomic E-state index is 0.0149. The Bertz CT molecular complexity index is 859. The Labute approximate surface area is 124 Å². The maximum atomic E-state index is 13.1. The van der Waals surface area contributed by atoms with Crippen molar-refractivity contribution in [1.82, 2.24) is 19.4 Å². The summed E-state index contributed by atoms with van der Waals surface area (Å²) in [7, 11) is 1.43.